The van der Waals surface area contributed by atoms with E-state index in [1.54, 1.807) is 0 Å². The normalized spacial score (nSPS) is 11.3. The number of benzene rings is 2. The monoisotopic (exact) mass is 393 g/mol. The van der Waals surface area contributed by atoms with Crippen LogP contribution in [-0.2, 0) is 13.1 Å². The van der Waals surface area contributed by atoms with Crippen molar-refractivity contribution in [3.8, 4) is 0 Å². The molecule has 0 fully saturated rings. The Balaban J connectivity index is 1.77. The highest BCUT2D eigenvalue weighted by atomic mass is 15.1. The van der Waals surface area contributed by atoms with Crippen LogP contribution in [0.3, 0.4) is 0 Å². The zero-order chi connectivity index (χ0) is 20.7. The van der Waals surface area contributed by atoms with Crippen LogP contribution in [0.5, 0.6) is 0 Å². The molecular formula is C28H43N. The Morgan fingerprint density at radius 3 is 1.41 bits per heavy atom. The van der Waals surface area contributed by atoms with Crippen molar-refractivity contribution in [1.29, 1.82) is 0 Å². The van der Waals surface area contributed by atoms with E-state index in [1.807, 2.05) is 0 Å². The summed E-state index contributed by atoms with van der Waals surface area (Å²) in [5.41, 5.74) is 5.75. The fraction of sp³-hybridized carbons (Fsp3) is 0.571. The first-order valence-corrected chi connectivity index (χ1v) is 12.0. The van der Waals surface area contributed by atoms with Gasteiger partial charge in [0.2, 0.25) is 0 Å². The van der Waals surface area contributed by atoms with Gasteiger partial charge < -0.3 is 0 Å². The highest BCUT2D eigenvalue weighted by Crippen LogP contribution is 2.17. The van der Waals surface area contributed by atoms with Crippen molar-refractivity contribution in [2.45, 2.75) is 98.1 Å². The maximum atomic E-state index is 2.65. The van der Waals surface area contributed by atoms with Gasteiger partial charge in [0.15, 0.2) is 0 Å². The van der Waals surface area contributed by atoms with Crippen LogP contribution in [-0.4, -0.2) is 11.4 Å². The van der Waals surface area contributed by atoms with Gasteiger partial charge in [-0.05, 0) is 49.1 Å². The summed E-state index contributed by atoms with van der Waals surface area (Å²) in [6.45, 7) is 10.1. The molecule has 2 aromatic rings. The third-order valence-electron chi connectivity index (χ3n) is 6.14. The number of hydrogen-bond acceptors (Lipinski definition) is 1. The molecule has 0 heterocycles. The molecule has 0 aliphatic carbocycles. The van der Waals surface area contributed by atoms with E-state index >= 15 is 0 Å². The molecule has 2 aromatic carbocycles. The minimum atomic E-state index is 1.05. The molecule has 1 nitrogen and oxygen atoms in total. The van der Waals surface area contributed by atoms with Crippen LogP contribution in [0.4, 0.5) is 0 Å². The smallest absolute Gasteiger partial charge is 0.0239 e. The molecule has 0 aliphatic heterocycles. The van der Waals surface area contributed by atoms with Gasteiger partial charge in [-0.1, -0.05) is 113 Å². The quantitative estimate of drug-likeness (QED) is 0.275. The summed E-state index contributed by atoms with van der Waals surface area (Å²) in [5.74, 6) is 0. The van der Waals surface area contributed by atoms with Gasteiger partial charge in [0.1, 0.15) is 0 Å². The molecule has 0 aromatic heterocycles. The van der Waals surface area contributed by atoms with E-state index in [9.17, 15) is 0 Å². The van der Waals surface area contributed by atoms with Crippen molar-refractivity contribution in [3.63, 3.8) is 0 Å². The number of hydrogen-bond donors (Lipinski definition) is 0. The van der Waals surface area contributed by atoms with Gasteiger partial charge in [-0.15, -0.1) is 0 Å². The van der Waals surface area contributed by atoms with Crippen molar-refractivity contribution in [1.82, 2.24) is 4.90 Å². The second-order valence-electron chi connectivity index (χ2n) is 8.75. The first kappa shape index (κ1) is 23.7. The summed E-state index contributed by atoms with van der Waals surface area (Å²) < 4.78 is 0. The molecule has 2 rings (SSSR count). The molecule has 1 heteroatoms. The molecule has 0 radical (unpaired) electrons. The fourth-order valence-electron chi connectivity index (χ4n) is 4.09. The number of rotatable bonds is 15. The zero-order valence-electron chi connectivity index (χ0n) is 19.3. The molecule has 0 saturated heterocycles. The Hall–Kier alpha value is -1.60. The third kappa shape index (κ3) is 9.63. The Labute approximate surface area is 180 Å². The molecular weight excluding hydrogens is 350 g/mol. The molecule has 160 valence electrons. The first-order chi connectivity index (χ1) is 14.2. The van der Waals surface area contributed by atoms with Gasteiger partial charge in [0.25, 0.3) is 0 Å². The highest BCUT2D eigenvalue weighted by Gasteiger charge is 2.10. The van der Waals surface area contributed by atoms with Gasteiger partial charge >= 0.3 is 0 Å². The summed E-state index contributed by atoms with van der Waals surface area (Å²) in [4.78, 5) is 2.65. The third-order valence-corrected chi connectivity index (χ3v) is 6.14. The number of unbranched alkanes of at least 4 members (excludes halogenated alkanes) is 9. The lowest BCUT2D eigenvalue weighted by Crippen LogP contribution is -2.25. The van der Waals surface area contributed by atoms with E-state index in [4.69, 9.17) is 0 Å². The van der Waals surface area contributed by atoms with Crippen LogP contribution >= 0.6 is 0 Å². The van der Waals surface area contributed by atoms with Crippen molar-refractivity contribution in [3.05, 3.63) is 70.8 Å². The van der Waals surface area contributed by atoms with Gasteiger partial charge in [0.05, 0.1) is 0 Å². The van der Waals surface area contributed by atoms with Crippen molar-refractivity contribution in [2.75, 3.05) is 6.54 Å². The SMILES string of the molecule is CCCCCCCCCCCCN(Cc1ccccc1C)Cc1ccccc1C. The first-order valence-electron chi connectivity index (χ1n) is 12.0. The maximum absolute atomic E-state index is 2.65. The van der Waals surface area contributed by atoms with E-state index in [-0.39, 0.29) is 0 Å². The van der Waals surface area contributed by atoms with Crippen LogP contribution in [0.2, 0.25) is 0 Å². The average molecular weight is 394 g/mol. The van der Waals surface area contributed by atoms with Crippen LogP contribution in [0, 0.1) is 13.8 Å². The molecule has 0 spiro atoms. The van der Waals surface area contributed by atoms with Gasteiger partial charge in [-0.3, -0.25) is 4.90 Å². The lowest BCUT2D eigenvalue weighted by Gasteiger charge is -2.24. The van der Waals surface area contributed by atoms with Gasteiger partial charge in [-0.2, -0.15) is 0 Å². The zero-order valence-corrected chi connectivity index (χ0v) is 19.3. The van der Waals surface area contributed by atoms with Gasteiger partial charge in [-0.25, -0.2) is 0 Å². The predicted molar refractivity (Wildman–Crippen MR) is 128 cm³/mol. The highest BCUT2D eigenvalue weighted by molar-refractivity contribution is 5.27. The van der Waals surface area contributed by atoms with Crippen LogP contribution in [0.15, 0.2) is 48.5 Å². The molecule has 0 atom stereocenters. The largest absolute Gasteiger partial charge is 0.295 e. The molecule has 0 bridgehead atoms. The van der Waals surface area contributed by atoms with Crippen molar-refractivity contribution in [2.24, 2.45) is 0 Å². The summed E-state index contributed by atoms with van der Waals surface area (Å²) in [5, 5.41) is 0. The Bertz CT molecular complexity index is 628. The summed E-state index contributed by atoms with van der Waals surface area (Å²) >= 11 is 0. The topological polar surface area (TPSA) is 3.24 Å². The Kier molecular flexibility index (Phi) is 11.8. The molecule has 0 unspecified atom stereocenters. The average Bonchev–Trinajstić information content (AvgIpc) is 2.72. The minimum Gasteiger partial charge on any atom is -0.295 e. The number of aryl methyl sites for hydroxylation is 2. The van der Waals surface area contributed by atoms with Crippen LogP contribution in [0.1, 0.15) is 93.4 Å². The lowest BCUT2D eigenvalue weighted by atomic mass is 10.0. The summed E-state index contributed by atoms with van der Waals surface area (Å²) in [7, 11) is 0. The molecule has 0 saturated carbocycles. The van der Waals surface area contributed by atoms with E-state index in [1.165, 1.54) is 93.0 Å². The summed E-state index contributed by atoms with van der Waals surface area (Å²) in [6, 6.07) is 17.7. The van der Waals surface area contributed by atoms with Crippen molar-refractivity contribution < 1.29 is 0 Å². The Morgan fingerprint density at radius 2 is 0.966 bits per heavy atom. The molecule has 0 N–H and O–H groups in total. The van der Waals surface area contributed by atoms with E-state index in [2.05, 4.69) is 74.2 Å². The van der Waals surface area contributed by atoms with E-state index in [0.29, 0.717) is 0 Å². The fourth-order valence-corrected chi connectivity index (χ4v) is 4.09. The maximum Gasteiger partial charge on any atom is 0.0239 e. The lowest BCUT2D eigenvalue weighted by molar-refractivity contribution is 0.249. The minimum absolute atomic E-state index is 1.05. The second kappa shape index (κ2) is 14.4. The van der Waals surface area contributed by atoms with Gasteiger partial charge in [0, 0.05) is 13.1 Å². The Morgan fingerprint density at radius 1 is 0.552 bits per heavy atom. The van der Waals surface area contributed by atoms with Crippen LogP contribution < -0.4 is 0 Å². The van der Waals surface area contributed by atoms with E-state index in [0.717, 1.165) is 13.1 Å². The summed E-state index contributed by atoms with van der Waals surface area (Å²) in [6.07, 6.45) is 14.0. The second-order valence-corrected chi connectivity index (χ2v) is 8.75. The molecule has 29 heavy (non-hydrogen) atoms. The molecule has 0 amide bonds. The molecule has 0 aliphatic rings. The van der Waals surface area contributed by atoms with Crippen LogP contribution in [0.25, 0.3) is 0 Å². The predicted octanol–water partition coefficient (Wildman–Crippen LogP) is 8.23. The van der Waals surface area contributed by atoms with E-state index < -0.39 is 0 Å². The standard InChI is InChI=1S/C28H43N/c1-4-5-6-7-8-9-10-11-12-17-22-29(23-27-20-15-13-18-25(27)2)24-28-21-16-14-19-26(28)3/h13-16,18-21H,4-12,17,22-24H2,1-3H3. The number of nitrogens with zero attached hydrogens (tertiary/aromatic N) is 1. The van der Waals surface area contributed by atoms with Crippen molar-refractivity contribution >= 4 is 0 Å².